The van der Waals surface area contributed by atoms with Crippen molar-refractivity contribution < 1.29 is 24.2 Å². The van der Waals surface area contributed by atoms with E-state index in [-0.39, 0.29) is 24.1 Å². The van der Waals surface area contributed by atoms with Crippen LogP contribution in [-0.4, -0.2) is 30.1 Å². The second-order valence-electron chi connectivity index (χ2n) is 8.35. The molecule has 3 atom stereocenters. The third kappa shape index (κ3) is 4.38. The average molecular weight is 448 g/mol. The lowest BCUT2D eigenvalue weighted by Crippen LogP contribution is -2.42. The largest absolute Gasteiger partial charge is 0.504 e. The van der Waals surface area contributed by atoms with E-state index < -0.39 is 17.8 Å². The number of benzene rings is 2. The number of hydrogen-bond donors (Lipinski definition) is 2. The standard InChI is InChI=1S/C27H29NO5/c1-4-32-23-15-18(11-12-21(23)29)25-24(27(31)33-5-2)16(3)28-20-13-19(14-22(30)26(20)25)17-9-7-6-8-10-17/h6-12,15,19,24-25,28-29H,3-5,13-14H2,1-2H3. The normalized spacial score (nSPS) is 22.4. The first-order valence-corrected chi connectivity index (χ1v) is 11.3. The molecular formula is C27H29NO5. The molecule has 2 aromatic carbocycles. The van der Waals surface area contributed by atoms with E-state index in [1.165, 1.54) is 6.07 Å². The maximum absolute atomic E-state index is 13.5. The number of phenolic OH excluding ortho intramolecular Hbond substituents is 1. The van der Waals surface area contributed by atoms with Gasteiger partial charge in [-0.1, -0.05) is 43.0 Å². The summed E-state index contributed by atoms with van der Waals surface area (Å²) in [6.07, 6.45) is 1.01. The predicted octanol–water partition coefficient (Wildman–Crippen LogP) is 4.57. The molecule has 3 unspecified atom stereocenters. The predicted molar refractivity (Wildman–Crippen MR) is 125 cm³/mol. The number of carbonyl (C=O) groups is 2. The number of nitrogens with one attached hydrogen (secondary N) is 1. The van der Waals surface area contributed by atoms with Crippen molar-refractivity contribution in [1.82, 2.24) is 5.32 Å². The molecule has 0 saturated carbocycles. The Morgan fingerprint density at radius 3 is 2.55 bits per heavy atom. The number of aromatic hydroxyl groups is 1. The van der Waals surface area contributed by atoms with E-state index in [1.54, 1.807) is 19.1 Å². The Morgan fingerprint density at radius 2 is 1.85 bits per heavy atom. The third-order valence-electron chi connectivity index (χ3n) is 6.29. The SMILES string of the molecule is C=C1NC2=C(C(=O)CC(c3ccccc3)C2)C(c2ccc(O)c(OCC)c2)C1C(=O)OCC. The first-order valence-electron chi connectivity index (χ1n) is 11.3. The highest BCUT2D eigenvalue weighted by molar-refractivity contribution is 6.01. The summed E-state index contributed by atoms with van der Waals surface area (Å²) < 4.78 is 10.9. The maximum atomic E-state index is 13.5. The molecule has 1 aliphatic heterocycles. The molecule has 6 nitrogen and oxygen atoms in total. The Hall–Kier alpha value is -3.54. The fourth-order valence-corrected chi connectivity index (χ4v) is 4.88. The highest BCUT2D eigenvalue weighted by Crippen LogP contribution is 2.48. The monoisotopic (exact) mass is 447 g/mol. The van der Waals surface area contributed by atoms with E-state index in [4.69, 9.17) is 9.47 Å². The molecule has 33 heavy (non-hydrogen) atoms. The van der Waals surface area contributed by atoms with Gasteiger partial charge in [-0.3, -0.25) is 9.59 Å². The average Bonchev–Trinajstić information content (AvgIpc) is 2.80. The third-order valence-corrected chi connectivity index (χ3v) is 6.29. The number of allylic oxidation sites excluding steroid dienone is 2. The van der Waals surface area contributed by atoms with Crippen LogP contribution in [0.4, 0.5) is 0 Å². The van der Waals surface area contributed by atoms with Crippen molar-refractivity contribution in [3.8, 4) is 11.5 Å². The lowest BCUT2D eigenvalue weighted by Gasteiger charge is -2.40. The van der Waals surface area contributed by atoms with Crippen molar-refractivity contribution in [3.05, 3.63) is 83.2 Å². The number of carbonyl (C=O) groups excluding carboxylic acids is 2. The Kier molecular flexibility index (Phi) is 6.54. The van der Waals surface area contributed by atoms with Crippen LogP contribution in [0.25, 0.3) is 0 Å². The van der Waals surface area contributed by atoms with E-state index >= 15 is 0 Å². The summed E-state index contributed by atoms with van der Waals surface area (Å²) in [4.78, 5) is 26.5. The molecule has 0 amide bonds. The molecule has 4 rings (SSSR count). The fourth-order valence-electron chi connectivity index (χ4n) is 4.88. The van der Waals surface area contributed by atoms with Crippen LogP contribution in [0, 0.1) is 5.92 Å². The van der Waals surface area contributed by atoms with Crippen LogP contribution in [0.5, 0.6) is 11.5 Å². The molecule has 1 aliphatic carbocycles. The minimum atomic E-state index is -0.764. The van der Waals surface area contributed by atoms with Crippen molar-refractivity contribution >= 4 is 11.8 Å². The summed E-state index contributed by atoms with van der Waals surface area (Å²) in [7, 11) is 0. The van der Waals surface area contributed by atoms with Crippen LogP contribution >= 0.6 is 0 Å². The molecule has 1 heterocycles. The summed E-state index contributed by atoms with van der Waals surface area (Å²) in [6.45, 7) is 8.31. The van der Waals surface area contributed by atoms with Crippen LogP contribution in [0.3, 0.4) is 0 Å². The smallest absolute Gasteiger partial charge is 0.315 e. The minimum Gasteiger partial charge on any atom is -0.504 e. The molecule has 2 aliphatic rings. The number of hydrogen-bond acceptors (Lipinski definition) is 6. The van der Waals surface area contributed by atoms with E-state index in [0.29, 0.717) is 42.0 Å². The van der Waals surface area contributed by atoms with Crippen molar-refractivity contribution in [1.29, 1.82) is 0 Å². The van der Waals surface area contributed by atoms with Crippen molar-refractivity contribution in [2.45, 2.75) is 38.5 Å². The summed E-state index contributed by atoms with van der Waals surface area (Å²) in [5.41, 5.74) is 3.69. The number of Topliss-reactive ketones (excluding diaryl/α,β-unsaturated/α-hetero) is 1. The molecule has 0 fully saturated rings. The number of esters is 1. The van der Waals surface area contributed by atoms with Crippen LogP contribution in [0.15, 0.2) is 72.1 Å². The molecule has 2 aromatic rings. The van der Waals surface area contributed by atoms with Crippen LogP contribution < -0.4 is 10.1 Å². The van der Waals surface area contributed by atoms with Gasteiger partial charge in [-0.2, -0.15) is 0 Å². The quantitative estimate of drug-likeness (QED) is 0.631. The minimum absolute atomic E-state index is 0.00423. The Bertz CT molecular complexity index is 1100. The lowest BCUT2D eigenvalue weighted by atomic mass is 9.69. The molecular weight excluding hydrogens is 418 g/mol. The first kappa shape index (κ1) is 22.6. The second kappa shape index (κ2) is 9.53. The summed E-state index contributed by atoms with van der Waals surface area (Å²) >= 11 is 0. The second-order valence-corrected chi connectivity index (χ2v) is 8.35. The zero-order valence-corrected chi connectivity index (χ0v) is 19.0. The zero-order chi connectivity index (χ0) is 23.5. The van der Waals surface area contributed by atoms with E-state index in [2.05, 4.69) is 11.9 Å². The molecule has 0 bridgehead atoms. The number of ether oxygens (including phenoxy) is 2. The van der Waals surface area contributed by atoms with Gasteiger partial charge in [0.05, 0.1) is 13.2 Å². The van der Waals surface area contributed by atoms with Gasteiger partial charge in [0, 0.05) is 29.3 Å². The molecule has 6 heteroatoms. The highest BCUT2D eigenvalue weighted by Gasteiger charge is 2.45. The van der Waals surface area contributed by atoms with Gasteiger partial charge in [0.15, 0.2) is 17.3 Å². The van der Waals surface area contributed by atoms with Gasteiger partial charge in [0.1, 0.15) is 5.92 Å². The van der Waals surface area contributed by atoms with Crippen LogP contribution in [0.1, 0.15) is 49.7 Å². The molecule has 2 N–H and O–H groups in total. The van der Waals surface area contributed by atoms with Crippen molar-refractivity contribution in [2.24, 2.45) is 5.92 Å². The number of ketones is 1. The molecule has 0 radical (unpaired) electrons. The number of rotatable bonds is 6. The Morgan fingerprint density at radius 1 is 1.09 bits per heavy atom. The van der Waals surface area contributed by atoms with E-state index in [1.807, 2.05) is 37.3 Å². The molecule has 0 spiro atoms. The number of phenols is 1. The van der Waals surface area contributed by atoms with Crippen molar-refractivity contribution in [2.75, 3.05) is 13.2 Å². The van der Waals surface area contributed by atoms with Crippen LogP contribution in [0.2, 0.25) is 0 Å². The Balaban J connectivity index is 1.82. The summed E-state index contributed by atoms with van der Waals surface area (Å²) in [6, 6.07) is 14.9. The first-order chi connectivity index (χ1) is 15.9. The van der Waals surface area contributed by atoms with E-state index in [9.17, 15) is 14.7 Å². The van der Waals surface area contributed by atoms with Gasteiger partial charge in [-0.25, -0.2) is 0 Å². The molecule has 0 saturated heterocycles. The summed E-state index contributed by atoms with van der Waals surface area (Å²) in [5.74, 6) is -1.40. The molecule has 0 aromatic heterocycles. The van der Waals surface area contributed by atoms with E-state index in [0.717, 1.165) is 11.3 Å². The zero-order valence-electron chi connectivity index (χ0n) is 19.0. The lowest BCUT2D eigenvalue weighted by molar-refractivity contribution is -0.147. The van der Waals surface area contributed by atoms with Gasteiger partial charge >= 0.3 is 5.97 Å². The van der Waals surface area contributed by atoms with Gasteiger partial charge in [0.2, 0.25) is 0 Å². The highest BCUT2D eigenvalue weighted by atomic mass is 16.5. The van der Waals surface area contributed by atoms with Crippen LogP contribution in [-0.2, 0) is 14.3 Å². The van der Waals surface area contributed by atoms with Gasteiger partial charge in [-0.15, -0.1) is 0 Å². The van der Waals surface area contributed by atoms with Crippen molar-refractivity contribution in [3.63, 3.8) is 0 Å². The summed E-state index contributed by atoms with van der Waals surface area (Å²) in [5, 5.41) is 13.5. The van der Waals surface area contributed by atoms with Gasteiger partial charge in [0.25, 0.3) is 0 Å². The van der Waals surface area contributed by atoms with Gasteiger partial charge < -0.3 is 19.9 Å². The van der Waals surface area contributed by atoms with Gasteiger partial charge in [-0.05, 0) is 49.4 Å². The molecule has 172 valence electrons. The topological polar surface area (TPSA) is 84.9 Å². The maximum Gasteiger partial charge on any atom is 0.315 e. The fraction of sp³-hybridized carbons (Fsp3) is 0.333. The Labute approximate surface area is 193 Å².